The maximum absolute atomic E-state index is 6.30. The normalized spacial score (nSPS) is 16.1. The van der Waals surface area contributed by atoms with Crippen LogP contribution in [0.2, 0.25) is 0 Å². The maximum atomic E-state index is 6.30. The highest BCUT2D eigenvalue weighted by molar-refractivity contribution is 7.05. The van der Waals surface area contributed by atoms with Crippen molar-refractivity contribution in [3.8, 4) is 0 Å². The lowest BCUT2D eigenvalue weighted by Gasteiger charge is -2.23. The van der Waals surface area contributed by atoms with Crippen molar-refractivity contribution in [2.75, 3.05) is 0 Å². The fraction of sp³-hybridized carbons (Fsp3) is 0.833. The molecule has 0 fully saturated rings. The van der Waals surface area contributed by atoms with Crippen LogP contribution in [0.5, 0.6) is 0 Å². The summed E-state index contributed by atoms with van der Waals surface area (Å²) >= 11 is 1.45. The van der Waals surface area contributed by atoms with Gasteiger partial charge >= 0.3 is 0 Å². The van der Waals surface area contributed by atoms with Gasteiger partial charge in [-0.1, -0.05) is 45.5 Å². The number of hydrogen-bond acceptors (Lipinski definition) is 4. The van der Waals surface area contributed by atoms with E-state index in [1.54, 1.807) is 0 Å². The minimum absolute atomic E-state index is 0.0336. The van der Waals surface area contributed by atoms with E-state index in [1.165, 1.54) is 18.0 Å². The molecule has 92 valence electrons. The molecule has 4 heteroatoms. The number of rotatable bonds is 4. The van der Waals surface area contributed by atoms with Crippen LogP contribution in [0, 0.1) is 5.92 Å². The van der Waals surface area contributed by atoms with Crippen molar-refractivity contribution < 1.29 is 0 Å². The lowest BCUT2D eigenvalue weighted by molar-refractivity contribution is 0.429. The largest absolute Gasteiger partial charge is 0.323 e. The van der Waals surface area contributed by atoms with Gasteiger partial charge < -0.3 is 5.73 Å². The van der Waals surface area contributed by atoms with E-state index in [0.29, 0.717) is 5.92 Å². The SMILES string of the molecule is CCCC(C)C(N)c1snnc1C(C)(C)C. The molecule has 1 aromatic heterocycles. The van der Waals surface area contributed by atoms with Crippen molar-refractivity contribution in [1.82, 2.24) is 9.59 Å². The molecule has 0 saturated carbocycles. The van der Waals surface area contributed by atoms with E-state index in [2.05, 4.69) is 44.2 Å². The molecule has 1 heterocycles. The summed E-state index contributed by atoms with van der Waals surface area (Å²) in [4.78, 5) is 1.16. The van der Waals surface area contributed by atoms with Crippen LogP contribution in [-0.4, -0.2) is 9.59 Å². The van der Waals surface area contributed by atoms with Gasteiger partial charge in [0.15, 0.2) is 0 Å². The molecule has 0 aromatic carbocycles. The first-order valence-electron chi connectivity index (χ1n) is 5.96. The standard InChI is InChI=1S/C12H23N3S/c1-6-7-8(2)9(13)10-11(12(3,4)5)14-15-16-10/h8-9H,6-7,13H2,1-5H3. The summed E-state index contributed by atoms with van der Waals surface area (Å²) in [5.74, 6) is 0.494. The highest BCUT2D eigenvalue weighted by Crippen LogP contribution is 2.33. The summed E-state index contributed by atoms with van der Waals surface area (Å²) in [6, 6.07) is 0.0779. The molecule has 0 spiro atoms. The van der Waals surface area contributed by atoms with Gasteiger partial charge in [0.2, 0.25) is 0 Å². The Morgan fingerprint density at radius 2 is 2.00 bits per heavy atom. The zero-order valence-electron chi connectivity index (χ0n) is 10.9. The highest BCUT2D eigenvalue weighted by Gasteiger charge is 2.27. The Bertz CT molecular complexity index is 327. The van der Waals surface area contributed by atoms with Crippen molar-refractivity contribution in [3.63, 3.8) is 0 Å². The predicted octanol–water partition coefficient (Wildman–Crippen LogP) is 3.27. The molecule has 1 aromatic rings. The fourth-order valence-corrected chi connectivity index (χ4v) is 2.83. The Hall–Kier alpha value is -0.480. The van der Waals surface area contributed by atoms with Crippen LogP contribution in [0.1, 0.15) is 64.1 Å². The minimum atomic E-state index is 0.0336. The van der Waals surface area contributed by atoms with Gasteiger partial charge in [0.1, 0.15) is 0 Å². The Kier molecular flexibility index (Phi) is 4.44. The molecular formula is C12H23N3S. The van der Waals surface area contributed by atoms with Crippen LogP contribution in [0.4, 0.5) is 0 Å². The van der Waals surface area contributed by atoms with Crippen molar-refractivity contribution in [1.29, 1.82) is 0 Å². The van der Waals surface area contributed by atoms with E-state index < -0.39 is 0 Å². The second kappa shape index (κ2) is 5.23. The average molecular weight is 241 g/mol. The molecule has 0 aliphatic heterocycles. The molecule has 16 heavy (non-hydrogen) atoms. The molecule has 2 N–H and O–H groups in total. The average Bonchev–Trinajstić information content (AvgIpc) is 2.64. The van der Waals surface area contributed by atoms with Crippen molar-refractivity contribution in [2.24, 2.45) is 11.7 Å². The fourth-order valence-electron chi connectivity index (χ4n) is 1.83. The van der Waals surface area contributed by atoms with E-state index in [9.17, 15) is 0 Å². The second-order valence-corrected chi connectivity index (χ2v) is 6.31. The van der Waals surface area contributed by atoms with Gasteiger partial charge in [0.05, 0.1) is 10.6 Å². The molecular weight excluding hydrogens is 218 g/mol. The Morgan fingerprint density at radius 1 is 1.38 bits per heavy atom. The van der Waals surface area contributed by atoms with Crippen LogP contribution in [0.25, 0.3) is 0 Å². The van der Waals surface area contributed by atoms with Gasteiger partial charge in [0.25, 0.3) is 0 Å². The van der Waals surface area contributed by atoms with Crippen molar-refractivity contribution >= 4 is 11.5 Å². The second-order valence-electron chi connectivity index (χ2n) is 5.53. The van der Waals surface area contributed by atoms with E-state index in [0.717, 1.165) is 17.0 Å². The van der Waals surface area contributed by atoms with Gasteiger partial charge in [-0.05, 0) is 23.9 Å². The zero-order chi connectivity index (χ0) is 12.3. The first-order valence-corrected chi connectivity index (χ1v) is 6.73. The number of hydrogen-bond donors (Lipinski definition) is 1. The van der Waals surface area contributed by atoms with Crippen LogP contribution in [-0.2, 0) is 5.41 Å². The van der Waals surface area contributed by atoms with Crippen LogP contribution in [0.3, 0.4) is 0 Å². The summed E-state index contributed by atoms with van der Waals surface area (Å²) in [6.07, 6.45) is 2.33. The molecule has 0 radical (unpaired) electrons. The van der Waals surface area contributed by atoms with Crippen molar-refractivity contribution in [3.05, 3.63) is 10.6 Å². The summed E-state index contributed by atoms with van der Waals surface area (Å²) in [7, 11) is 0. The van der Waals surface area contributed by atoms with Gasteiger partial charge in [-0.3, -0.25) is 0 Å². The van der Waals surface area contributed by atoms with E-state index in [1.807, 2.05) is 0 Å². The summed E-state index contributed by atoms with van der Waals surface area (Å²) < 4.78 is 4.06. The molecule has 3 nitrogen and oxygen atoms in total. The zero-order valence-corrected chi connectivity index (χ0v) is 11.8. The number of nitrogens with two attached hydrogens (primary N) is 1. The summed E-state index contributed by atoms with van der Waals surface area (Å²) in [5.41, 5.74) is 7.39. The Balaban J connectivity index is 2.92. The minimum Gasteiger partial charge on any atom is -0.323 e. The molecule has 0 saturated heterocycles. The highest BCUT2D eigenvalue weighted by atomic mass is 32.1. The third kappa shape index (κ3) is 3.01. The third-order valence-corrected chi connectivity index (χ3v) is 3.71. The van der Waals surface area contributed by atoms with Gasteiger partial charge in [-0.15, -0.1) is 5.10 Å². The number of nitrogens with zero attached hydrogens (tertiary/aromatic N) is 2. The van der Waals surface area contributed by atoms with Crippen LogP contribution in [0.15, 0.2) is 0 Å². The smallest absolute Gasteiger partial charge is 0.0857 e. The Labute approximate surface area is 103 Å². The van der Waals surface area contributed by atoms with Gasteiger partial charge in [-0.2, -0.15) is 0 Å². The topological polar surface area (TPSA) is 51.8 Å². The van der Waals surface area contributed by atoms with E-state index >= 15 is 0 Å². The number of aromatic nitrogens is 2. The summed E-state index contributed by atoms with van der Waals surface area (Å²) in [5, 5.41) is 4.24. The molecule has 0 aliphatic rings. The first kappa shape index (κ1) is 13.6. The molecule has 0 aliphatic carbocycles. The van der Waals surface area contributed by atoms with Crippen LogP contribution >= 0.6 is 11.5 Å². The first-order chi connectivity index (χ1) is 7.38. The molecule has 0 amide bonds. The van der Waals surface area contributed by atoms with Crippen LogP contribution < -0.4 is 5.73 Å². The molecule has 0 bridgehead atoms. The van der Waals surface area contributed by atoms with E-state index in [4.69, 9.17) is 5.73 Å². The van der Waals surface area contributed by atoms with Gasteiger partial charge in [-0.25, -0.2) is 0 Å². The quantitative estimate of drug-likeness (QED) is 0.880. The van der Waals surface area contributed by atoms with Crippen molar-refractivity contribution in [2.45, 2.75) is 58.9 Å². The predicted molar refractivity (Wildman–Crippen MR) is 69.6 cm³/mol. The lowest BCUT2D eigenvalue weighted by atomic mass is 9.87. The monoisotopic (exact) mass is 241 g/mol. The van der Waals surface area contributed by atoms with E-state index in [-0.39, 0.29) is 11.5 Å². The maximum Gasteiger partial charge on any atom is 0.0857 e. The molecule has 1 rings (SSSR count). The lowest BCUT2D eigenvalue weighted by Crippen LogP contribution is -2.23. The summed E-state index contributed by atoms with van der Waals surface area (Å²) in [6.45, 7) is 10.9. The van der Waals surface area contributed by atoms with Gasteiger partial charge in [0, 0.05) is 11.5 Å². The molecule has 2 unspecified atom stereocenters. The molecule has 2 atom stereocenters. The Morgan fingerprint density at radius 3 is 2.50 bits per heavy atom. The third-order valence-electron chi connectivity index (χ3n) is 2.88.